The smallest absolute Gasteiger partial charge is 0.266 e. The molecule has 1 saturated carbocycles. The highest BCUT2D eigenvalue weighted by molar-refractivity contribution is 5.86. The molecule has 3 nitrogen and oxygen atoms in total. The molecule has 2 aliphatic rings. The molecule has 0 radical (unpaired) electrons. The summed E-state index contributed by atoms with van der Waals surface area (Å²) in [6, 6.07) is 9.10. The van der Waals surface area contributed by atoms with Crippen LogP contribution in [0.1, 0.15) is 52.4 Å². The number of benzene rings is 1. The number of likely N-dealkylation sites (tertiary alicyclic amines) is 1. The molecule has 0 spiro atoms. The van der Waals surface area contributed by atoms with E-state index in [4.69, 9.17) is 4.74 Å². The lowest BCUT2D eigenvalue weighted by molar-refractivity contribution is -0.161. The third kappa shape index (κ3) is 4.18. The molecule has 0 unspecified atom stereocenters. The second-order valence-electron chi connectivity index (χ2n) is 8.14. The molecule has 1 aromatic carbocycles. The number of carbonyl (C=O) groups is 1. The number of alkyl halides is 2. The van der Waals surface area contributed by atoms with Gasteiger partial charge < -0.3 is 9.64 Å². The van der Waals surface area contributed by atoms with E-state index in [1.54, 1.807) is 12.1 Å². The Morgan fingerprint density at radius 3 is 2.19 bits per heavy atom. The quantitative estimate of drug-likeness (QED) is 0.759. The normalized spacial score (nSPS) is 23.0. The predicted molar refractivity (Wildman–Crippen MR) is 97.4 cm³/mol. The molecule has 0 aromatic heterocycles. The Labute approximate surface area is 154 Å². The molecule has 0 N–H and O–H groups in total. The number of hydrogen-bond acceptors (Lipinski definition) is 2. The van der Waals surface area contributed by atoms with Crippen molar-refractivity contribution < 1.29 is 18.3 Å². The van der Waals surface area contributed by atoms with E-state index < -0.39 is 11.5 Å². The van der Waals surface area contributed by atoms with E-state index in [1.165, 1.54) is 0 Å². The lowest BCUT2D eigenvalue weighted by Gasteiger charge is -2.43. The molecule has 5 heteroatoms. The second-order valence-corrected chi connectivity index (χ2v) is 8.14. The molecular formula is C21H29F2NO2. The van der Waals surface area contributed by atoms with Crippen LogP contribution in [0.5, 0.6) is 5.75 Å². The summed E-state index contributed by atoms with van der Waals surface area (Å²) in [6.07, 6.45) is 1.49. The van der Waals surface area contributed by atoms with Crippen molar-refractivity contribution in [2.24, 2.45) is 11.8 Å². The van der Waals surface area contributed by atoms with Crippen LogP contribution in [0.25, 0.3) is 0 Å². The van der Waals surface area contributed by atoms with E-state index in [9.17, 15) is 13.6 Å². The summed E-state index contributed by atoms with van der Waals surface area (Å²) in [7, 11) is 0. The fraction of sp³-hybridized carbons (Fsp3) is 0.667. The third-order valence-electron chi connectivity index (χ3n) is 6.01. The van der Waals surface area contributed by atoms with Crippen molar-refractivity contribution >= 4 is 5.91 Å². The van der Waals surface area contributed by atoms with Gasteiger partial charge in [0, 0.05) is 38.8 Å². The molecule has 1 heterocycles. The summed E-state index contributed by atoms with van der Waals surface area (Å²) in [5, 5.41) is 0. The van der Waals surface area contributed by atoms with Crippen molar-refractivity contribution in [1.82, 2.24) is 4.90 Å². The number of carbonyl (C=O) groups excluding carboxylic acids is 1. The monoisotopic (exact) mass is 365 g/mol. The number of amides is 1. The minimum absolute atomic E-state index is 0.0673. The molecule has 1 saturated heterocycles. The molecule has 1 amide bonds. The maximum absolute atomic E-state index is 13.8. The van der Waals surface area contributed by atoms with Crippen LogP contribution in [0.3, 0.4) is 0 Å². The summed E-state index contributed by atoms with van der Waals surface area (Å²) in [4.78, 5) is 15.2. The first kappa shape index (κ1) is 19.1. The molecule has 3 rings (SSSR count). The molecular weight excluding hydrogens is 336 g/mol. The van der Waals surface area contributed by atoms with Crippen molar-refractivity contribution in [2.75, 3.05) is 13.1 Å². The van der Waals surface area contributed by atoms with Gasteiger partial charge in [-0.3, -0.25) is 4.79 Å². The highest BCUT2D eigenvalue weighted by Crippen LogP contribution is 2.42. The van der Waals surface area contributed by atoms with Gasteiger partial charge in [0.25, 0.3) is 5.91 Å². The Bertz CT molecular complexity index is 600. The molecule has 0 atom stereocenters. The van der Waals surface area contributed by atoms with E-state index in [0.29, 0.717) is 30.7 Å². The van der Waals surface area contributed by atoms with Gasteiger partial charge in [-0.1, -0.05) is 32.0 Å². The predicted octanol–water partition coefficient (Wildman–Crippen LogP) is 4.91. The zero-order valence-electron chi connectivity index (χ0n) is 15.7. The van der Waals surface area contributed by atoms with Gasteiger partial charge in [0.2, 0.25) is 5.92 Å². The van der Waals surface area contributed by atoms with Crippen LogP contribution in [0.4, 0.5) is 8.78 Å². The van der Waals surface area contributed by atoms with Crippen LogP contribution in [-0.4, -0.2) is 35.4 Å². The Balaban J connectivity index is 1.76. The largest absolute Gasteiger partial charge is 0.477 e. The maximum atomic E-state index is 13.8. The summed E-state index contributed by atoms with van der Waals surface area (Å²) in [5.74, 6) is -1.01. The molecule has 144 valence electrons. The molecule has 1 aliphatic carbocycles. The molecule has 26 heavy (non-hydrogen) atoms. The van der Waals surface area contributed by atoms with Crippen molar-refractivity contribution in [3.05, 3.63) is 30.3 Å². The lowest BCUT2D eigenvalue weighted by Crippen LogP contribution is -2.57. The van der Waals surface area contributed by atoms with E-state index >= 15 is 0 Å². The van der Waals surface area contributed by atoms with Crippen LogP contribution in [-0.2, 0) is 4.79 Å². The first-order chi connectivity index (χ1) is 12.3. The lowest BCUT2D eigenvalue weighted by atomic mass is 9.80. The van der Waals surface area contributed by atoms with Crippen LogP contribution in [0.15, 0.2) is 30.3 Å². The average molecular weight is 365 g/mol. The van der Waals surface area contributed by atoms with Crippen LogP contribution in [0.2, 0.25) is 0 Å². The molecule has 0 bridgehead atoms. The molecule has 1 aliphatic heterocycles. The number of halogens is 2. The Hall–Kier alpha value is -1.65. The van der Waals surface area contributed by atoms with Crippen LogP contribution in [0, 0.1) is 11.8 Å². The van der Waals surface area contributed by atoms with E-state index in [1.807, 2.05) is 23.1 Å². The molecule has 1 aromatic rings. The van der Waals surface area contributed by atoms with Gasteiger partial charge >= 0.3 is 0 Å². The average Bonchev–Trinajstić information content (AvgIpc) is 2.64. The Morgan fingerprint density at radius 1 is 1.08 bits per heavy atom. The fourth-order valence-electron chi connectivity index (χ4n) is 4.15. The Morgan fingerprint density at radius 2 is 1.65 bits per heavy atom. The first-order valence-corrected chi connectivity index (χ1v) is 9.73. The number of nitrogens with zero attached hydrogens (tertiary/aromatic N) is 1. The van der Waals surface area contributed by atoms with E-state index in [-0.39, 0.29) is 31.6 Å². The number of piperidine rings is 1. The molecule has 2 fully saturated rings. The van der Waals surface area contributed by atoms with E-state index in [0.717, 1.165) is 12.8 Å². The minimum atomic E-state index is -2.70. The maximum Gasteiger partial charge on any atom is 0.266 e. The first-order valence-electron chi connectivity index (χ1n) is 9.73. The van der Waals surface area contributed by atoms with Crippen molar-refractivity contribution in [3.8, 4) is 5.75 Å². The number of hydrogen-bond donors (Lipinski definition) is 0. The van der Waals surface area contributed by atoms with Crippen LogP contribution >= 0.6 is 0 Å². The summed E-state index contributed by atoms with van der Waals surface area (Å²) in [5.41, 5.74) is -1.16. The zero-order chi connectivity index (χ0) is 18.8. The van der Waals surface area contributed by atoms with Gasteiger partial charge in [0.1, 0.15) is 5.75 Å². The van der Waals surface area contributed by atoms with Crippen molar-refractivity contribution in [2.45, 2.75) is 63.9 Å². The SMILES string of the molecule is CC(C)C1CCN(C(=O)C2(Oc3ccccc3)CCC(F)(F)CC2)CC1. The Kier molecular flexibility index (Phi) is 5.54. The second kappa shape index (κ2) is 7.53. The summed E-state index contributed by atoms with van der Waals surface area (Å²) < 4.78 is 33.6. The standard InChI is InChI=1S/C21H29F2NO2/c1-16(2)17-8-14-24(15-9-17)19(25)20(10-12-21(22,23)13-11-20)26-18-6-4-3-5-7-18/h3-7,16-17H,8-15H2,1-2H3. The zero-order valence-corrected chi connectivity index (χ0v) is 15.7. The van der Waals surface area contributed by atoms with Gasteiger partial charge in [0.15, 0.2) is 5.60 Å². The fourth-order valence-corrected chi connectivity index (χ4v) is 4.15. The number of rotatable bonds is 4. The highest BCUT2D eigenvalue weighted by atomic mass is 19.3. The van der Waals surface area contributed by atoms with Gasteiger partial charge in [0.05, 0.1) is 0 Å². The van der Waals surface area contributed by atoms with E-state index in [2.05, 4.69) is 13.8 Å². The van der Waals surface area contributed by atoms with Gasteiger partial charge in [-0.25, -0.2) is 8.78 Å². The number of para-hydroxylation sites is 1. The third-order valence-corrected chi connectivity index (χ3v) is 6.01. The minimum Gasteiger partial charge on any atom is -0.477 e. The van der Waals surface area contributed by atoms with Crippen LogP contribution < -0.4 is 4.74 Å². The van der Waals surface area contributed by atoms with Gasteiger partial charge in [-0.2, -0.15) is 0 Å². The highest BCUT2D eigenvalue weighted by Gasteiger charge is 2.51. The number of ether oxygens (including phenoxy) is 1. The van der Waals surface area contributed by atoms with Crippen molar-refractivity contribution in [3.63, 3.8) is 0 Å². The van der Waals surface area contributed by atoms with Gasteiger partial charge in [-0.05, 0) is 36.8 Å². The summed E-state index contributed by atoms with van der Waals surface area (Å²) >= 11 is 0. The van der Waals surface area contributed by atoms with Crippen molar-refractivity contribution in [1.29, 1.82) is 0 Å². The summed E-state index contributed by atoms with van der Waals surface area (Å²) in [6.45, 7) is 5.81. The van der Waals surface area contributed by atoms with Gasteiger partial charge in [-0.15, -0.1) is 0 Å². The topological polar surface area (TPSA) is 29.5 Å².